The van der Waals surface area contributed by atoms with Crippen LogP contribution in [0.5, 0.6) is 0 Å². The van der Waals surface area contributed by atoms with Gasteiger partial charge in [0.25, 0.3) is 0 Å². The molecule has 19 heavy (non-hydrogen) atoms. The van der Waals surface area contributed by atoms with Gasteiger partial charge in [0.1, 0.15) is 0 Å². The normalized spacial score (nSPS) is 20.8. The highest BCUT2D eigenvalue weighted by Crippen LogP contribution is 2.21. The number of nitrogens with zero attached hydrogens (tertiary/aromatic N) is 2. The van der Waals surface area contributed by atoms with E-state index in [2.05, 4.69) is 22.4 Å². The molecule has 1 aliphatic heterocycles. The summed E-state index contributed by atoms with van der Waals surface area (Å²) in [6.45, 7) is 2.33. The maximum absolute atomic E-state index is 10.4. The number of rotatable bonds is 4. The highest BCUT2D eigenvalue weighted by Gasteiger charge is 2.20. The molecular formula is C13H15N3O2S. The van der Waals surface area contributed by atoms with Crippen molar-refractivity contribution in [1.29, 1.82) is 0 Å². The van der Waals surface area contributed by atoms with Crippen LogP contribution < -0.4 is 5.43 Å². The van der Waals surface area contributed by atoms with Gasteiger partial charge in [-0.1, -0.05) is 42.1 Å². The lowest BCUT2D eigenvalue weighted by Crippen LogP contribution is -2.31. The lowest BCUT2D eigenvalue weighted by molar-refractivity contribution is -0.136. The number of carbonyl (C=O) groups is 1. The Balaban J connectivity index is 2.04. The van der Waals surface area contributed by atoms with E-state index in [0.717, 1.165) is 11.3 Å². The lowest BCUT2D eigenvalue weighted by Gasteiger charge is -2.21. The molecule has 1 aliphatic rings. The van der Waals surface area contributed by atoms with Crippen LogP contribution in [-0.4, -0.2) is 33.7 Å². The summed E-state index contributed by atoms with van der Waals surface area (Å²) < 4.78 is 0. The van der Waals surface area contributed by atoms with Crippen molar-refractivity contribution in [3.8, 4) is 0 Å². The highest BCUT2D eigenvalue weighted by molar-refractivity contribution is 8.15. The molecule has 0 bridgehead atoms. The van der Waals surface area contributed by atoms with Crippen LogP contribution in [0.2, 0.25) is 0 Å². The van der Waals surface area contributed by atoms with Crippen LogP contribution in [0.3, 0.4) is 0 Å². The molecule has 1 aromatic carbocycles. The molecule has 0 spiro atoms. The molecule has 5 nitrogen and oxygen atoms in total. The molecule has 1 atom stereocenters. The molecule has 1 heterocycles. The van der Waals surface area contributed by atoms with Crippen LogP contribution in [0.15, 0.2) is 40.4 Å². The Kier molecular flexibility index (Phi) is 4.57. The van der Waals surface area contributed by atoms with E-state index in [9.17, 15) is 4.79 Å². The van der Waals surface area contributed by atoms with Gasteiger partial charge in [-0.15, -0.1) is 0 Å². The number of carboxylic acid groups (broad SMARTS) is 1. The quantitative estimate of drug-likeness (QED) is 0.882. The second-order valence-corrected chi connectivity index (χ2v) is 5.40. The third kappa shape index (κ3) is 3.82. The van der Waals surface area contributed by atoms with Gasteiger partial charge >= 0.3 is 5.97 Å². The summed E-state index contributed by atoms with van der Waals surface area (Å²) in [6, 6.07) is 9.96. The van der Waals surface area contributed by atoms with Crippen LogP contribution >= 0.6 is 11.8 Å². The molecule has 2 N–H and O–H groups in total. The van der Waals surface area contributed by atoms with E-state index in [1.807, 2.05) is 30.3 Å². The van der Waals surface area contributed by atoms with Crippen molar-refractivity contribution in [3.05, 3.63) is 35.9 Å². The first-order valence-electron chi connectivity index (χ1n) is 5.98. The molecule has 0 saturated carbocycles. The number of hydrogen-bond acceptors (Lipinski definition) is 4. The molecule has 0 amide bonds. The maximum atomic E-state index is 10.4. The number of hydrazone groups is 1. The van der Waals surface area contributed by atoms with E-state index in [0.29, 0.717) is 5.17 Å². The van der Waals surface area contributed by atoms with Crippen LogP contribution in [0.4, 0.5) is 0 Å². The van der Waals surface area contributed by atoms with Crippen LogP contribution in [0, 0.1) is 0 Å². The summed E-state index contributed by atoms with van der Waals surface area (Å²) in [5.41, 5.74) is 4.94. The van der Waals surface area contributed by atoms with Gasteiger partial charge in [-0.2, -0.15) is 5.10 Å². The lowest BCUT2D eigenvalue weighted by atomic mass is 10.1. The summed E-state index contributed by atoms with van der Waals surface area (Å²) in [7, 11) is 0. The molecular weight excluding hydrogens is 262 g/mol. The number of aliphatic carboxylic acids is 1. The molecule has 0 fully saturated rings. The molecule has 1 unspecified atom stereocenters. The Bertz CT molecular complexity index is 514. The average Bonchev–Trinajstić information content (AvgIpc) is 2.39. The second-order valence-electron chi connectivity index (χ2n) is 4.07. The van der Waals surface area contributed by atoms with E-state index < -0.39 is 5.97 Å². The Labute approximate surface area is 115 Å². The minimum absolute atomic E-state index is 0.0371. The monoisotopic (exact) mass is 277 g/mol. The van der Waals surface area contributed by atoms with Gasteiger partial charge in [-0.25, -0.2) is 0 Å². The van der Waals surface area contributed by atoms with Crippen LogP contribution in [-0.2, 0) is 4.79 Å². The fourth-order valence-electron chi connectivity index (χ4n) is 1.68. The first-order chi connectivity index (χ1) is 9.16. The first kappa shape index (κ1) is 13.6. The van der Waals surface area contributed by atoms with Gasteiger partial charge in [-0.05, 0) is 12.5 Å². The number of nitrogens with one attached hydrogen (secondary N) is 1. The third-order valence-corrected chi connectivity index (χ3v) is 3.62. The number of benzene rings is 1. The minimum atomic E-state index is -0.841. The zero-order valence-corrected chi connectivity index (χ0v) is 11.4. The molecule has 0 saturated heterocycles. The molecule has 0 radical (unpaired) electrons. The second kappa shape index (κ2) is 6.38. The summed E-state index contributed by atoms with van der Waals surface area (Å²) in [6.07, 6.45) is 0.0371. The van der Waals surface area contributed by atoms with Gasteiger partial charge in [-0.3, -0.25) is 15.2 Å². The predicted molar refractivity (Wildman–Crippen MR) is 77.7 cm³/mol. The van der Waals surface area contributed by atoms with Gasteiger partial charge in [0.05, 0.1) is 23.9 Å². The van der Waals surface area contributed by atoms with Gasteiger partial charge < -0.3 is 5.11 Å². The van der Waals surface area contributed by atoms with E-state index in [4.69, 9.17) is 5.11 Å². The number of aliphatic imine (C=N–C) groups is 1. The van der Waals surface area contributed by atoms with Crippen LogP contribution in [0.1, 0.15) is 18.9 Å². The van der Waals surface area contributed by atoms with E-state index in [-0.39, 0.29) is 18.2 Å². The smallest absolute Gasteiger partial charge is 0.305 e. The summed E-state index contributed by atoms with van der Waals surface area (Å²) in [5.74, 6) is -0.841. The molecule has 0 aliphatic carbocycles. The zero-order chi connectivity index (χ0) is 13.7. The SMILES string of the molecule is CC1SC(=NCCC(=O)O)NN=C1c1ccccc1. The maximum Gasteiger partial charge on any atom is 0.305 e. The number of hydrogen-bond donors (Lipinski definition) is 2. The van der Waals surface area contributed by atoms with E-state index in [1.54, 1.807) is 11.8 Å². The number of thioether (sulfide) groups is 1. The van der Waals surface area contributed by atoms with Gasteiger partial charge in [0, 0.05) is 0 Å². The van der Waals surface area contributed by atoms with E-state index >= 15 is 0 Å². The highest BCUT2D eigenvalue weighted by atomic mass is 32.2. The van der Waals surface area contributed by atoms with Crippen molar-refractivity contribution in [2.45, 2.75) is 18.6 Å². The van der Waals surface area contributed by atoms with Crippen molar-refractivity contribution >= 4 is 28.6 Å². The van der Waals surface area contributed by atoms with Crippen molar-refractivity contribution in [3.63, 3.8) is 0 Å². The van der Waals surface area contributed by atoms with Crippen molar-refractivity contribution < 1.29 is 9.90 Å². The summed E-state index contributed by atoms with van der Waals surface area (Å²) in [4.78, 5) is 14.6. The minimum Gasteiger partial charge on any atom is -0.481 e. The summed E-state index contributed by atoms with van der Waals surface area (Å²) in [5, 5.41) is 13.8. The topological polar surface area (TPSA) is 74.0 Å². The standard InChI is InChI=1S/C13H15N3O2S/c1-9-12(10-5-3-2-4-6-10)15-16-13(19-9)14-8-7-11(17)18/h2-6,9H,7-8H2,1H3,(H,14,16)(H,17,18). The van der Waals surface area contributed by atoms with E-state index in [1.165, 1.54) is 0 Å². The molecule has 0 aromatic heterocycles. The summed E-state index contributed by atoms with van der Waals surface area (Å²) >= 11 is 1.56. The molecule has 6 heteroatoms. The van der Waals surface area contributed by atoms with Gasteiger partial charge in [0.15, 0.2) is 5.17 Å². The van der Waals surface area contributed by atoms with Crippen LogP contribution in [0.25, 0.3) is 0 Å². The average molecular weight is 277 g/mol. The van der Waals surface area contributed by atoms with Gasteiger partial charge in [0.2, 0.25) is 0 Å². The zero-order valence-electron chi connectivity index (χ0n) is 10.5. The molecule has 100 valence electrons. The predicted octanol–water partition coefficient (Wildman–Crippen LogP) is 1.95. The fraction of sp³-hybridized carbons (Fsp3) is 0.308. The number of amidine groups is 1. The van der Waals surface area contributed by atoms with Crippen molar-refractivity contribution in [2.24, 2.45) is 10.1 Å². The largest absolute Gasteiger partial charge is 0.481 e. The Morgan fingerprint density at radius 3 is 2.84 bits per heavy atom. The first-order valence-corrected chi connectivity index (χ1v) is 6.86. The fourth-order valence-corrected chi connectivity index (χ4v) is 2.58. The third-order valence-electron chi connectivity index (χ3n) is 2.60. The number of carboxylic acids is 1. The van der Waals surface area contributed by atoms with Crippen molar-refractivity contribution in [1.82, 2.24) is 5.43 Å². The molecule has 2 rings (SSSR count). The Morgan fingerprint density at radius 1 is 1.47 bits per heavy atom. The van der Waals surface area contributed by atoms with Crippen molar-refractivity contribution in [2.75, 3.05) is 6.54 Å². The molecule has 1 aromatic rings. The Morgan fingerprint density at radius 2 is 2.21 bits per heavy atom. The Hall–Kier alpha value is -1.82.